The first-order chi connectivity index (χ1) is 17.0. The zero-order valence-corrected chi connectivity index (χ0v) is 19.5. The van der Waals surface area contributed by atoms with Crippen LogP contribution in [0.2, 0.25) is 5.02 Å². The van der Waals surface area contributed by atoms with E-state index in [1.165, 1.54) is 25.3 Å². The molecule has 8 heteroatoms. The van der Waals surface area contributed by atoms with Crippen molar-refractivity contribution in [1.82, 2.24) is 9.88 Å². The van der Waals surface area contributed by atoms with Crippen LogP contribution in [-0.2, 0) is 16.1 Å². The number of hydrogen-bond acceptors (Lipinski definition) is 4. The molecular weight excluding hydrogens is 466 g/mol. The Morgan fingerprint density at radius 3 is 2.46 bits per heavy atom. The number of rotatable bonds is 5. The molecule has 1 N–H and O–H groups in total. The maximum Gasteiger partial charge on any atom is 0.335 e. The third-order valence-corrected chi connectivity index (χ3v) is 6.11. The fourth-order valence-corrected chi connectivity index (χ4v) is 4.39. The number of barbiturate groups is 1. The first-order valence-electron chi connectivity index (χ1n) is 10.8. The lowest BCUT2D eigenvalue weighted by Gasteiger charge is -2.26. The van der Waals surface area contributed by atoms with Crippen molar-refractivity contribution < 1.29 is 19.1 Å². The number of fused-ring (bicyclic) bond motifs is 1. The smallest absolute Gasteiger partial charge is 0.335 e. The summed E-state index contributed by atoms with van der Waals surface area (Å²) in [6.07, 6.45) is 3.42. The number of urea groups is 1. The van der Waals surface area contributed by atoms with E-state index in [-0.39, 0.29) is 16.3 Å². The molecule has 0 unspecified atom stereocenters. The van der Waals surface area contributed by atoms with E-state index in [0.717, 1.165) is 21.4 Å². The van der Waals surface area contributed by atoms with Crippen LogP contribution < -0.4 is 15.0 Å². The number of hydrogen-bond donors (Lipinski definition) is 1. The number of para-hydroxylation sites is 1. The first kappa shape index (κ1) is 22.4. The predicted molar refractivity (Wildman–Crippen MR) is 134 cm³/mol. The van der Waals surface area contributed by atoms with Crippen molar-refractivity contribution in [2.24, 2.45) is 0 Å². The lowest BCUT2D eigenvalue weighted by molar-refractivity contribution is -0.122. The summed E-state index contributed by atoms with van der Waals surface area (Å²) in [5.74, 6) is -1.09. The minimum atomic E-state index is -0.843. The molecule has 3 aromatic carbocycles. The van der Waals surface area contributed by atoms with Gasteiger partial charge in [-0.05, 0) is 35.9 Å². The second-order valence-corrected chi connectivity index (χ2v) is 8.40. The highest BCUT2D eigenvalue weighted by atomic mass is 35.5. The van der Waals surface area contributed by atoms with Gasteiger partial charge in [0.1, 0.15) is 11.3 Å². The van der Waals surface area contributed by atoms with Crippen LogP contribution in [0.1, 0.15) is 11.1 Å². The van der Waals surface area contributed by atoms with Gasteiger partial charge in [-0.25, -0.2) is 9.69 Å². The lowest BCUT2D eigenvalue weighted by atomic mass is 10.1. The monoisotopic (exact) mass is 485 g/mol. The summed E-state index contributed by atoms with van der Waals surface area (Å²) in [4.78, 5) is 39.5. The molecule has 35 heavy (non-hydrogen) atoms. The zero-order valence-electron chi connectivity index (χ0n) is 18.7. The number of aromatic nitrogens is 1. The highest BCUT2D eigenvalue weighted by Crippen LogP contribution is 2.32. The van der Waals surface area contributed by atoms with Gasteiger partial charge in [-0.3, -0.25) is 14.9 Å². The molecular formula is C27H20ClN3O4. The summed E-state index contributed by atoms with van der Waals surface area (Å²) in [5.41, 5.74) is 2.84. The second-order valence-electron chi connectivity index (χ2n) is 7.99. The molecule has 0 saturated carbocycles. The van der Waals surface area contributed by atoms with Gasteiger partial charge < -0.3 is 9.30 Å². The molecule has 1 aromatic heterocycles. The Morgan fingerprint density at radius 2 is 1.71 bits per heavy atom. The van der Waals surface area contributed by atoms with Crippen LogP contribution >= 0.6 is 11.6 Å². The number of ether oxygens (including phenoxy) is 1. The van der Waals surface area contributed by atoms with E-state index in [9.17, 15) is 14.4 Å². The fourth-order valence-electron chi connectivity index (χ4n) is 4.14. The van der Waals surface area contributed by atoms with Crippen molar-refractivity contribution in [3.05, 3.63) is 101 Å². The van der Waals surface area contributed by atoms with Crippen molar-refractivity contribution in [2.45, 2.75) is 6.54 Å². The molecule has 0 atom stereocenters. The fraction of sp³-hybridized carbons (Fsp3) is 0.0741. The number of amides is 4. The number of carbonyl (C=O) groups is 3. The van der Waals surface area contributed by atoms with Crippen molar-refractivity contribution >= 4 is 52.1 Å². The Hall–Kier alpha value is -4.36. The van der Waals surface area contributed by atoms with E-state index >= 15 is 0 Å². The van der Waals surface area contributed by atoms with E-state index in [1.54, 1.807) is 6.07 Å². The van der Waals surface area contributed by atoms with Crippen LogP contribution in [0.4, 0.5) is 10.5 Å². The summed E-state index contributed by atoms with van der Waals surface area (Å²) in [5, 5.41) is 3.36. The predicted octanol–water partition coefficient (Wildman–Crippen LogP) is 5.02. The quantitative estimate of drug-likeness (QED) is 0.318. The van der Waals surface area contributed by atoms with Gasteiger partial charge in [-0.1, -0.05) is 60.1 Å². The Morgan fingerprint density at radius 1 is 0.971 bits per heavy atom. The minimum absolute atomic E-state index is 0.154. The number of nitrogens with one attached hydrogen (secondary N) is 1. The zero-order chi connectivity index (χ0) is 24.5. The van der Waals surface area contributed by atoms with Gasteiger partial charge in [-0.2, -0.15) is 0 Å². The van der Waals surface area contributed by atoms with Gasteiger partial charge >= 0.3 is 6.03 Å². The Labute approximate surface area is 206 Å². The maximum atomic E-state index is 13.3. The van der Waals surface area contributed by atoms with Gasteiger partial charge in [0.25, 0.3) is 11.8 Å². The van der Waals surface area contributed by atoms with Crippen molar-refractivity contribution in [3.63, 3.8) is 0 Å². The van der Waals surface area contributed by atoms with Crippen molar-refractivity contribution in [2.75, 3.05) is 12.0 Å². The number of nitrogens with zero attached hydrogens (tertiary/aromatic N) is 2. The summed E-state index contributed by atoms with van der Waals surface area (Å²) >= 11 is 6.19. The number of anilines is 1. The van der Waals surface area contributed by atoms with E-state index in [4.69, 9.17) is 16.3 Å². The molecule has 0 spiro atoms. The van der Waals surface area contributed by atoms with E-state index in [1.807, 2.05) is 60.8 Å². The number of halogens is 1. The summed E-state index contributed by atoms with van der Waals surface area (Å²) < 4.78 is 7.20. The minimum Gasteiger partial charge on any atom is -0.495 e. The van der Waals surface area contributed by atoms with E-state index < -0.39 is 17.8 Å². The second kappa shape index (κ2) is 9.12. The van der Waals surface area contributed by atoms with Crippen molar-refractivity contribution in [3.8, 4) is 5.75 Å². The third kappa shape index (κ3) is 4.18. The van der Waals surface area contributed by atoms with Crippen LogP contribution in [0.15, 0.2) is 84.6 Å². The van der Waals surface area contributed by atoms with Gasteiger partial charge in [0, 0.05) is 29.2 Å². The molecule has 0 radical (unpaired) electrons. The van der Waals surface area contributed by atoms with E-state index in [0.29, 0.717) is 17.9 Å². The van der Waals surface area contributed by atoms with Gasteiger partial charge in [0.15, 0.2) is 0 Å². The number of methoxy groups -OCH3 is 1. The average Bonchev–Trinajstić information content (AvgIpc) is 3.19. The molecule has 4 amide bonds. The van der Waals surface area contributed by atoms with Crippen LogP contribution in [0.25, 0.3) is 17.0 Å². The third-order valence-electron chi connectivity index (χ3n) is 5.81. The average molecular weight is 486 g/mol. The molecule has 0 bridgehead atoms. The molecule has 174 valence electrons. The number of imide groups is 2. The molecule has 1 aliphatic heterocycles. The van der Waals surface area contributed by atoms with E-state index in [2.05, 4.69) is 9.88 Å². The van der Waals surface area contributed by atoms with Crippen molar-refractivity contribution in [1.29, 1.82) is 0 Å². The van der Waals surface area contributed by atoms with Gasteiger partial charge in [0.2, 0.25) is 0 Å². The standard InChI is InChI=1S/C27H20ClN3O4/c1-35-24-12-11-19(14-22(24)28)31-26(33)21(25(32)29-27(31)34)13-18-16-30(15-17-7-3-2-4-8-17)23-10-6-5-9-20(18)23/h2-14,16H,15H2,1H3,(H,29,32,34)/b21-13-. The summed E-state index contributed by atoms with van der Waals surface area (Å²) in [6, 6.07) is 21.4. The molecule has 2 heterocycles. The molecule has 0 aliphatic carbocycles. The first-order valence-corrected chi connectivity index (χ1v) is 11.2. The molecule has 4 aromatic rings. The Kier molecular flexibility index (Phi) is 5.84. The largest absolute Gasteiger partial charge is 0.495 e. The maximum absolute atomic E-state index is 13.3. The van der Waals surface area contributed by atoms with Gasteiger partial charge in [-0.15, -0.1) is 0 Å². The topological polar surface area (TPSA) is 80.6 Å². The molecule has 1 saturated heterocycles. The molecule has 5 rings (SSSR count). The number of carbonyl (C=O) groups excluding carboxylic acids is 3. The van der Waals surface area contributed by atoms with Crippen LogP contribution in [0.3, 0.4) is 0 Å². The van der Waals surface area contributed by atoms with Crippen LogP contribution in [0, 0.1) is 0 Å². The molecule has 1 aliphatic rings. The van der Waals surface area contributed by atoms with Crippen LogP contribution in [-0.4, -0.2) is 29.5 Å². The summed E-state index contributed by atoms with van der Waals surface area (Å²) in [6.45, 7) is 0.625. The lowest BCUT2D eigenvalue weighted by Crippen LogP contribution is -2.54. The highest BCUT2D eigenvalue weighted by molar-refractivity contribution is 6.40. The Bertz CT molecular complexity index is 1510. The normalized spacial score (nSPS) is 15.1. The highest BCUT2D eigenvalue weighted by Gasteiger charge is 2.37. The molecule has 7 nitrogen and oxygen atoms in total. The molecule has 1 fully saturated rings. The SMILES string of the molecule is COc1ccc(N2C(=O)NC(=O)/C(=C/c3cn(Cc4ccccc4)c4ccccc34)C2=O)cc1Cl. The Balaban J connectivity index is 1.56. The number of benzene rings is 3. The summed E-state index contributed by atoms with van der Waals surface area (Å²) in [7, 11) is 1.47. The van der Waals surface area contributed by atoms with Gasteiger partial charge in [0.05, 0.1) is 17.8 Å². The van der Waals surface area contributed by atoms with Crippen LogP contribution in [0.5, 0.6) is 5.75 Å².